The van der Waals surface area contributed by atoms with Crippen molar-refractivity contribution in [3.05, 3.63) is 0 Å². The molecule has 0 aliphatic heterocycles. The Morgan fingerprint density at radius 3 is 2.22 bits per heavy atom. The lowest BCUT2D eigenvalue weighted by Gasteiger charge is -2.18. The van der Waals surface area contributed by atoms with Gasteiger partial charge in [-0.25, -0.2) is 0 Å². The van der Waals surface area contributed by atoms with Crippen LogP contribution in [0.5, 0.6) is 0 Å². The summed E-state index contributed by atoms with van der Waals surface area (Å²) in [4.78, 5) is 25.4. The molecular formula is C18H35N3O2. The highest BCUT2D eigenvalue weighted by Crippen LogP contribution is 2.16. The topological polar surface area (TPSA) is 61.4 Å². The standard InChI is InChI=1S/C18H35N3O2/c1-3-21(4-2)18(23)13-9-12-17(22)20-15-14-19-16-10-7-5-6-8-11-16/h16,19H,3-15H2,1-2H3,(H,20,22). The predicted octanol–water partition coefficient (Wildman–Crippen LogP) is 2.45. The SMILES string of the molecule is CCN(CC)C(=O)CCCC(=O)NCCNC1CCCCCC1. The third-order valence-corrected chi connectivity index (χ3v) is 4.65. The van der Waals surface area contributed by atoms with Gasteiger partial charge in [-0.05, 0) is 33.1 Å². The van der Waals surface area contributed by atoms with E-state index in [4.69, 9.17) is 0 Å². The van der Waals surface area contributed by atoms with E-state index in [9.17, 15) is 9.59 Å². The third kappa shape index (κ3) is 8.94. The first-order valence-electron chi connectivity index (χ1n) is 9.45. The number of rotatable bonds is 10. The second-order valence-corrected chi connectivity index (χ2v) is 6.41. The summed E-state index contributed by atoms with van der Waals surface area (Å²) >= 11 is 0. The van der Waals surface area contributed by atoms with Crippen molar-refractivity contribution in [2.75, 3.05) is 26.2 Å². The fourth-order valence-electron chi connectivity index (χ4n) is 3.18. The van der Waals surface area contributed by atoms with E-state index in [-0.39, 0.29) is 11.8 Å². The molecule has 0 aromatic rings. The Morgan fingerprint density at radius 1 is 0.957 bits per heavy atom. The Balaban J connectivity index is 2.02. The lowest BCUT2D eigenvalue weighted by atomic mass is 10.1. The molecule has 0 unspecified atom stereocenters. The molecule has 0 aromatic heterocycles. The van der Waals surface area contributed by atoms with E-state index in [2.05, 4.69) is 10.6 Å². The van der Waals surface area contributed by atoms with Crippen LogP contribution in [0.15, 0.2) is 0 Å². The maximum Gasteiger partial charge on any atom is 0.222 e. The number of nitrogens with one attached hydrogen (secondary N) is 2. The van der Waals surface area contributed by atoms with Crippen molar-refractivity contribution in [2.24, 2.45) is 0 Å². The van der Waals surface area contributed by atoms with Crippen LogP contribution in [0.2, 0.25) is 0 Å². The second kappa shape index (κ2) is 12.3. The number of hydrogen-bond donors (Lipinski definition) is 2. The summed E-state index contributed by atoms with van der Waals surface area (Å²) in [6.07, 6.45) is 9.45. The van der Waals surface area contributed by atoms with Crippen LogP contribution in [0.4, 0.5) is 0 Å². The lowest BCUT2D eigenvalue weighted by molar-refractivity contribution is -0.131. The Kier molecular flexibility index (Phi) is 10.7. The van der Waals surface area contributed by atoms with Crippen LogP contribution in [0, 0.1) is 0 Å². The first kappa shape index (κ1) is 19.9. The average Bonchev–Trinajstić information content (AvgIpc) is 2.81. The smallest absolute Gasteiger partial charge is 0.222 e. The minimum Gasteiger partial charge on any atom is -0.355 e. The zero-order valence-electron chi connectivity index (χ0n) is 15.0. The maximum absolute atomic E-state index is 11.8. The van der Waals surface area contributed by atoms with Gasteiger partial charge in [0, 0.05) is 45.1 Å². The lowest BCUT2D eigenvalue weighted by Crippen LogP contribution is -2.37. The molecule has 0 aromatic carbocycles. The van der Waals surface area contributed by atoms with Gasteiger partial charge in [0.1, 0.15) is 0 Å². The molecule has 0 saturated heterocycles. The third-order valence-electron chi connectivity index (χ3n) is 4.65. The summed E-state index contributed by atoms with van der Waals surface area (Å²) < 4.78 is 0. The van der Waals surface area contributed by atoms with Gasteiger partial charge >= 0.3 is 0 Å². The van der Waals surface area contributed by atoms with Crippen LogP contribution in [-0.4, -0.2) is 48.9 Å². The van der Waals surface area contributed by atoms with Gasteiger partial charge in [-0.15, -0.1) is 0 Å². The van der Waals surface area contributed by atoms with Crippen molar-refractivity contribution >= 4 is 11.8 Å². The van der Waals surface area contributed by atoms with Crippen LogP contribution in [0.3, 0.4) is 0 Å². The summed E-state index contributed by atoms with van der Waals surface area (Å²) in [5.41, 5.74) is 0. The van der Waals surface area contributed by atoms with E-state index in [0.717, 1.165) is 19.6 Å². The van der Waals surface area contributed by atoms with Crippen molar-refractivity contribution < 1.29 is 9.59 Å². The molecule has 0 spiro atoms. The van der Waals surface area contributed by atoms with E-state index in [0.29, 0.717) is 31.8 Å². The monoisotopic (exact) mass is 325 g/mol. The fraction of sp³-hybridized carbons (Fsp3) is 0.889. The van der Waals surface area contributed by atoms with Gasteiger partial charge in [0.15, 0.2) is 0 Å². The predicted molar refractivity (Wildman–Crippen MR) is 94.3 cm³/mol. The fourth-order valence-corrected chi connectivity index (χ4v) is 3.18. The molecule has 1 aliphatic rings. The van der Waals surface area contributed by atoms with Crippen LogP contribution in [0.25, 0.3) is 0 Å². The number of amides is 2. The van der Waals surface area contributed by atoms with E-state index < -0.39 is 0 Å². The van der Waals surface area contributed by atoms with E-state index in [1.54, 1.807) is 0 Å². The van der Waals surface area contributed by atoms with Gasteiger partial charge in [0.2, 0.25) is 11.8 Å². The zero-order valence-corrected chi connectivity index (χ0v) is 15.0. The van der Waals surface area contributed by atoms with Crippen molar-refractivity contribution in [1.29, 1.82) is 0 Å². The Morgan fingerprint density at radius 2 is 1.61 bits per heavy atom. The number of carbonyl (C=O) groups excluding carboxylic acids is 2. The van der Waals surface area contributed by atoms with Crippen LogP contribution < -0.4 is 10.6 Å². The van der Waals surface area contributed by atoms with Crippen molar-refractivity contribution in [3.8, 4) is 0 Å². The molecule has 134 valence electrons. The van der Waals surface area contributed by atoms with Gasteiger partial charge in [0.05, 0.1) is 0 Å². The minimum absolute atomic E-state index is 0.0556. The number of carbonyl (C=O) groups is 2. The van der Waals surface area contributed by atoms with Crippen LogP contribution in [-0.2, 0) is 9.59 Å². The second-order valence-electron chi connectivity index (χ2n) is 6.41. The largest absolute Gasteiger partial charge is 0.355 e. The average molecular weight is 325 g/mol. The van der Waals surface area contributed by atoms with E-state index >= 15 is 0 Å². The highest BCUT2D eigenvalue weighted by Gasteiger charge is 2.12. The molecule has 0 heterocycles. The molecule has 2 amide bonds. The first-order valence-corrected chi connectivity index (χ1v) is 9.45. The quantitative estimate of drug-likeness (QED) is 0.479. The van der Waals surface area contributed by atoms with Crippen molar-refractivity contribution in [3.63, 3.8) is 0 Å². The summed E-state index contributed by atoms with van der Waals surface area (Å²) in [5.74, 6) is 0.206. The molecule has 1 rings (SSSR count). The van der Waals surface area contributed by atoms with Gasteiger partial charge < -0.3 is 15.5 Å². The molecule has 23 heavy (non-hydrogen) atoms. The molecule has 5 heteroatoms. The minimum atomic E-state index is 0.0556. The zero-order chi connectivity index (χ0) is 16.9. The van der Waals surface area contributed by atoms with Crippen LogP contribution >= 0.6 is 0 Å². The molecular weight excluding hydrogens is 290 g/mol. The Bertz CT molecular complexity index is 335. The highest BCUT2D eigenvalue weighted by atomic mass is 16.2. The number of hydrogen-bond acceptors (Lipinski definition) is 3. The molecule has 0 bridgehead atoms. The Labute approximate surface area is 141 Å². The van der Waals surface area contributed by atoms with E-state index in [1.165, 1.54) is 38.5 Å². The van der Waals surface area contributed by atoms with Crippen molar-refractivity contribution in [1.82, 2.24) is 15.5 Å². The molecule has 0 atom stereocenters. The Hall–Kier alpha value is -1.10. The molecule has 0 radical (unpaired) electrons. The van der Waals surface area contributed by atoms with Gasteiger partial charge in [-0.2, -0.15) is 0 Å². The van der Waals surface area contributed by atoms with Gasteiger partial charge in [0.25, 0.3) is 0 Å². The highest BCUT2D eigenvalue weighted by molar-refractivity contribution is 5.78. The summed E-state index contributed by atoms with van der Waals surface area (Å²) in [5, 5.41) is 6.49. The van der Waals surface area contributed by atoms with Gasteiger partial charge in [-0.1, -0.05) is 25.7 Å². The maximum atomic E-state index is 11.8. The number of nitrogens with zero attached hydrogens (tertiary/aromatic N) is 1. The van der Waals surface area contributed by atoms with E-state index in [1.807, 2.05) is 18.7 Å². The molecule has 1 aliphatic carbocycles. The van der Waals surface area contributed by atoms with Gasteiger partial charge in [-0.3, -0.25) is 9.59 Å². The molecule has 5 nitrogen and oxygen atoms in total. The first-order chi connectivity index (χ1) is 11.2. The van der Waals surface area contributed by atoms with Crippen molar-refractivity contribution in [2.45, 2.75) is 77.7 Å². The molecule has 1 saturated carbocycles. The summed E-state index contributed by atoms with van der Waals surface area (Å²) in [6, 6.07) is 0.626. The van der Waals surface area contributed by atoms with Crippen LogP contribution in [0.1, 0.15) is 71.6 Å². The summed E-state index contributed by atoms with van der Waals surface area (Å²) in [6.45, 7) is 6.97. The molecule has 1 fully saturated rings. The normalized spacial score (nSPS) is 15.9. The summed E-state index contributed by atoms with van der Waals surface area (Å²) in [7, 11) is 0. The molecule has 2 N–H and O–H groups in total.